The Morgan fingerprint density at radius 1 is 1.65 bits per heavy atom. The van der Waals surface area contributed by atoms with Crippen LogP contribution in [0.15, 0.2) is 18.5 Å². The fourth-order valence-electron chi connectivity index (χ4n) is 2.61. The van der Waals surface area contributed by atoms with E-state index in [2.05, 4.69) is 16.9 Å². The molecule has 0 amide bonds. The third-order valence-corrected chi connectivity index (χ3v) is 3.53. The van der Waals surface area contributed by atoms with Crippen molar-refractivity contribution in [1.29, 1.82) is 0 Å². The maximum absolute atomic E-state index is 10.6. The minimum atomic E-state index is -0.720. The lowest BCUT2D eigenvalue weighted by Crippen LogP contribution is -2.37. The summed E-state index contributed by atoms with van der Waals surface area (Å²) in [7, 11) is 0. The molecule has 2 heterocycles. The highest BCUT2D eigenvalue weighted by Gasteiger charge is 2.30. The summed E-state index contributed by atoms with van der Waals surface area (Å²) in [5.74, 6) is -0.720. The molecule has 2 atom stereocenters. The summed E-state index contributed by atoms with van der Waals surface area (Å²) in [6, 6.07) is 2.64. The van der Waals surface area contributed by atoms with Crippen molar-refractivity contribution in [2.75, 3.05) is 13.1 Å². The molecule has 0 aromatic carbocycles. The quantitative estimate of drug-likeness (QED) is 0.840. The lowest BCUT2D eigenvalue weighted by atomic mass is 10.1. The summed E-state index contributed by atoms with van der Waals surface area (Å²) in [6.07, 6.45) is 6.25. The number of rotatable bonds is 5. The lowest BCUT2D eigenvalue weighted by molar-refractivity contribution is -0.137. The largest absolute Gasteiger partial charge is 0.481 e. The van der Waals surface area contributed by atoms with Crippen LogP contribution in [-0.2, 0) is 4.79 Å². The first-order valence-electron chi connectivity index (χ1n) is 6.13. The van der Waals surface area contributed by atoms with Crippen LogP contribution in [0.5, 0.6) is 0 Å². The van der Waals surface area contributed by atoms with E-state index in [1.54, 1.807) is 6.20 Å². The van der Waals surface area contributed by atoms with E-state index in [0.29, 0.717) is 18.6 Å². The maximum atomic E-state index is 10.6. The van der Waals surface area contributed by atoms with E-state index in [9.17, 15) is 4.79 Å². The standard InChI is InChI=1S/C12H19N3O2/c1-10(15-8-3-6-13-15)11-4-2-7-14(11)9-5-12(16)17/h3,6,8,10-11H,2,4-5,7,9H2,1H3,(H,16,17)/t10-,11+/m1/s1. The number of aliphatic carboxylic acids is 1. The Morgan fingerprint density at radius 2 is 2.47 bits per heavy atom. The van der Waals surface area contributed by atoms with Crippen LogP contribution in [0.4, 0.5) is 0 Å². The first-order valence-corrected chi connectivity index (χ1v) is 6.13. The van der Waals surface area contributed by atoms with Crippen molar-refractivity contribution in [2.45, 2.75) is 38.3 Å². The molecule has 0 bridgehead atoms. The van der Waals surface area contributed by atoms with Crippen LogP contribution in [0.25, 0.3) is 0 Å². The van der Waals surface area contributed by atoms with Gasteiger partial charge in [-0.1, -0.05) is 0 Å². The molecule has 17 heavy (non-hydrogen) atoms. The van der Waals surface area contributed by atoms with Crippen LogP contribution in [0.1, 0.15) is 32.2 Å². The van der Waals surface area contributed by atoms with Crippen molar-refractivity contribution in [3.8, 4) is 0 Å². The van der Waals surface area contributed by atoms with Gasteiger partial charge in [-0.05, 0) is 32.4 Å². The van der Waals surface area contributed by atoms with E-state index in [1.807, 2.05) is 16.9 Å². The molecule has 1 aliphatic rings. The molecule has 0 unspecified atom stereocenters. The fraction of sp³-hybridized carbons (Fsp3) is 0.667. The van der Waals surface area contributed by atoms with Gasteiger partial charge in [0, 0.05) is 25.0 Å². The second kappa shape index (κ2) is 5.31. The molecule has 5 nitrogen and oxygen atoms in total. The van der Waals surface area contributed by atoms with Crippen molar-refractivity contribution in [3.63, 3.8) is 0 Å². The molecule has 1 fully saturated rings. The summed E-state index contributed by atoms with van der Waals surface area (Å²) in [5, 5.41) is 13.0. The molecular formula is C12H19N3O2. The first-order chi connectivity index (χ1) is 8.18. The Morgan fingerprint density at radius 3 is 3.12 bits per heavy atom. The van der Waals surface area contributed by atoms with Crippen LogP contribution >= 0.6 is 0 Å². The molecule has 0 spiro atoms. The van der Waals surface area contributed by atoms with Crippen molar-refractivity contribution >= 4 is 5.97 Å². The Labute approximate surface area is 101 Å². The van der Waals surface area contributed by atoms with Gasteiger partial charge in [0.2, 0.25) is 0 Å². The summed E-state index contributed by atoms with van der Waals surface area (Å²) in [6.45, 7) is 3.80. The van der Waals surface area contributed by atoms with Gasteiger partial charge < -0.3 is 5.11 Å². The van der Waals surface area contributed by atoms with Gasteiger partial charge in [-0.2, -0.15) is 5.10 Å². The minimum absolute atomic E-state index is 0.225. The van der Waals surface area contributed by atoms with Crippen molar-refractivity contribution in [3.05, 3.63) is 18.5 Å². The Bertz CT molecular complexity index is 364. The average molecular weight is 237 g/mol. The van der Waals surface area contributed by atoms with E-state index < -0.39 is 5.97 Å². The number of likely N-dealkylation sites (tertiary alicyclic amines) is 1. The summed E-state index contributed by atoms with van der Waals surface area (Å²) >= 11 is 0. The Balaban J connectivity index is 1.96. The number of nitrogens with zero attached hydrogens (tertiary/aromatic N) is 3. The summed E-state index contributed by atoms with van der Waals surface area (Å²) in [5.41, 5.74) is 0. The maximum Gasteiger partial charge on any atom is 0.304 e. The molecule has 1 saturated heterocycles. The Kier molecular flexibility index (Phi) is 3.78. The van der Waals surface area contributed by atoms with Gasteiger partial charge >= 0.3 is 5.97 Å². The van der Waals surface area contributed by atoms with Crippen LogP contribution in [-0.4, -0.2) is 44.9 Å². The molecule has 94 valence electrons. The van der Waals surface area contributed by atoms with Crippen LogP contribution in [0.3, 0.4) is 0 Å². The highest BCUT2D eigenvalue weighted by molar-refractivity contribution is 5.66. The highest BCUT2D eigenvalue weighted by Crippen LogP contribution is 2.26. The van der Waals surface area contributed by atoms with Gasteiger partial charge in [0.05, 0.1) is 12.5 Å². The van der Waals surface area contributed by atoms with Gasteiger partial charge in [-0.15, -0.1) is 0 Å². The molecule has 1 aliphatic heterocycles. The zero-order valence-corrected chi connectivity index (χ0v) is 10.1. The third-order valence-electron chi connectivity index (χ3n) is 3.53. The van der Waals surface area contributed by atoms with Crippen LogP contribution in [0.2, 0.25) is 0 Å². The number of carboxylic acid groups (broad SMARTS) is 1. The number of aromatic nitrogens is 2. The normalized spacial score (nSPS) is 22.8. The van der Waals surface area contributed by atoms with Crippen LogP contribution in [0, 0.1) is 0 Å². The zero-order valence-electron chi connectivity index (χ0n) is 10.1. The molecule has 1 aromatic rings. The SMILES string of the molecule is C[C@H]([C@@H]1CCCN1CCC(=O)O)n1cccn1. The minimum Gasteiger partial charge on any atom is -0.481 e. The molecule has 1 aromatic heterocycles. The van der Waals surface area contributed by atoms with E-state index in [1.165, 1.54) is 0 Å². The molecule has 2 rings (SSSR count). The average Bonchev–Trinajstić information content (AvgIpc) is 2.96. The monoisotopic (exact) mass is 237 g/mol. The topological polar surface area (TPSA) is 58.4 Å². The van der Waals surface area contributed by atoms with Gasteiger partial charge in [-0.25, -0.2) is 0 Å². The number of carbonyl (C=O) groups is 1. The fourth-order valence-corrected chi connectivity index (χ4v) is 2.61. The van der Waals surface area contributed by atoms with E-state index in [4.69, 9.17) is 5.11 Å². The zero-order chi connectivity index (χ0) is 12.3. The number of carboxylic acids is 1. The number of hydrogen-bond acceptors (Lipinski definition) is 3. The third kappa shape index (κ3) is 2.85. The molecule has 1 N–H and O–H groups in total. The molecule has 5 heteroatoms. The summed E-state index contributed by atoms with van der Waals surface area (Å²) in [4.78, 5) is 12.9. The lowest BCUT2D eigenvalue weighted by Gasteiger charge is -2.29. The first kappa shape index (κ1) is 12.1. The predicted octanol–water partition coefficient (Wildman–Crippen LogP) is 1.38. The van der Waals surface area contributed by atoms with Gasteiger partial charge in [-0.3, -0.25) is 14.4 Å². The molecule has 0 saturated carbocycles. The number of hydrogen-bond donors (Lipinski definition) is 1. The predicted molar refractivity (Wildman–Crippen MR) is 63.8 cm³/mol. The van der Waals surface area contributed by atoms with Crippen LogP contribution < -0.4 is 0 Å². The van der Waals surface area contributed by atoms with E-state index >= 15 is 0 Å². The summed E-state index contributed by atoms with van der Waals surface area (Å²) < 4.78 is 1.96. The smallest absolute Gasteiger partial charge is 0.304 e. The Hall–Kier alpha value is -1.36. The van der Waals surface area contributed by atoms with Gasteiger partial charge in [0.25, 0.3) is 0 Å². The van der Waals surface area contributed by atoms with Gasteiger partial charge in [0.15, 0.2) is 0 Å². The molecule has 0 aliphatic carbocycles. The van der Waals surface area contributed by atoms with Crippen molar-refractivity contribution < 1.29 is 9.90 Å². The second-order valence-corrected chi connectivity index (χ2v) is 4.62. The second-order valence-electron chi connectivity index (χ2n) is 4.62. The van der Waals surface area contributed by atoms with Crippen molar-refractivity contribution in [1.82, 2.24) is 14.7 Å². The van der Waals surface area contributed by atoms with Gasteiger partial charge in [0.1, 0.15) is 0 Å². The van der Waals surface area contributed by atoms with E-state index in [0.717, 1.165) is 19.4 Å². The molecule has 0 radical (unpaired) electrons. The molecular weight excluding hydrogens is 218 g/mol. The highest BCUT2D eigenvalue weighted by atomic mass is 16.4. The van der Waals surface area contributed by atoms with E-state index in [-0.39, 0.29) is 6.42 Å². The van der Waals surface area contributed by atoms with Crippen molar-refractivity contribution in [2.24, 2.45) is 0 Å².